The van der Waals surface area contributed by atoms with Gasteiger partial charge in [0.05, 0.1) is 0 Å². The number of nitrogens with one attached hydrogen (secondary N) is 1. The summed E-state index contributed by atoms with van der Waals surface area (Å²) < 4.78 is 0. The predicted octanol–water partition coefficient (Wildman–Crippen LogP) is 2.39. The molecule has 2 nitrogen and oxygen atoms in total. The summed E-state index contributed by atoms with van der Waals surface area (Å²) in [7, 11) is 0. The largest absolute Gasteiger partial charge is 0.330 e. The monoisotopic (exact) mass is 212 g/mol. The van der Waals surface area contributed by atoms with Crippen LogP contribution in [0.2, 0.25) is 0 Å². The quantitative estimate of drug-likeness (QED) is 0.648. The van der Waals surface area contributed by atoms with Gasteiger partial charge in [-0.05, 0) is 50.1 Å². The third-order valence-corrected chi connectivity index (χ3v) is 3.54. The summed E-state index contributed by atoms with van der Waals surface area (Å²) in [6, 6.07) is 0.826. The van der Waals surface area contributed by atoms with Crippen LogP contribution in [0.3, 0.4) is 0 Å². The van der Waals surface area contributed by atoms with Crippen molar-refractivity contribution in [2.75, 3.05) is 13.1 Å². The van der Waals surface area contributed by atoms with E-state index in [2.05, 4.69) is 26.1 Å². The van der Waals surface area contributed by atoms with Gasteiger partial charge >= 0.3 is 0 Å². The maximum atomic E-state index is 5.78. The van der Waals surface area contributed by atoms with E-state index in [4.69, 9.17) is 5.73 Å². The minimum atomic E-state index is 0.719. The van der Waals surface area contributed by atoms with Gasteiger partial charge in [-0.15, -0.1) is 0 Å². The number of hydrogen-bond donors (Lipinski definition) is 2. The third-order valence-electron chi connectivity index (χ3n) is 3.54. The van der Waals surface area contributed by atoms with Crippen LogP contribution >= 0.6 is 0 Å². The lowest BCUT2D eigenvalue weighted by atomic mass is 9.94. The molecule has 0 aromatic rings. The van der Waals surface area contributed by atoms with Crippen LogP contribution in [0.4, 0.5) is 0 Å². The fraction of sp³-hybridized carbons (Fsp3) is 1.00. The van der Waals surface area contributed by atoms with Crippen LogP contribution in [-0.4, -0.2) is 19.1 Å². The zero-order valence-electron chi connectivity index (χ0n) is 10.6. The van der Waals surface area contributed by atoms with Gasteiger partial charge in [0.2, 0.25) is 0 Å². The molecule has 90 valence electrons. The van der Waals surface area contributed by atoms with Crippen molar-refractivity contribution >= 4 is 0 Å². The summed E-state index contributed by atoms with van der Waals surface area (Å²) in [4.78, 5) is 0. The molecular weight excluding hydrogens is 184 g/mol. The minimum Gasteiger partial charge on any atom is -0.330 e. The van der Waals surface area contributed by atoms with E-state index in [-0.39, 0.29) is 0 Å². The SMILES string of the molecule is CCC1CC1NCCC(CN)CC(C)C. The molecule has 15 heavy (non-hydrogen) atoms. The molecule has 0 aromatic carbocycles. The maximum absolute atomic E-state index is 5.78. The molecule has 0 aromatic heterocycles. The van der Waals surface area contributed by atoms with E-state index in [0.29, 0.717) is 0 Å². The van der Waals surface area contributed by atoms with E-state index in [1.807, 2.05) is 0 Å². The van der Waals surface area contributed by atoms with Crippen molar-refractivity contribution in [3.63, 3.8) is 0 Å². The van der Waals surface area contributed by atoms with Crippen LogP contribution in [0, 0.1) is 17.8 Å². The molecule has 1 rings (SSSR count). The van der Waals surface area contributed by atoms with Gasteiger partial charge < -0.3 is 11.1 Å². The van der Waals surface area contributed by atoms with Crippen molar-refractivity contribution in [2.45, 2.75) is 52.5 Å². The molecule has 0 radical (unpaired) electrons. The van der Waals surface area contributed by atoms with Gasteiger partial charge in [0.15, 0.2) is 0 Å². The van der Waals surface area contributed by atoms with Gasteiger partial charge in [-0.25, -0.2) is 0 Å². The Morgan fingerprint density at radius 2 is 2.13 bits per heavy atom. The zero-order chi connectivity index (χ0) is 11.3. The highest BCUT2D eigenvalue weighted by Gasteiger charge is 2.34. The first-order valence-electron chi connectivity index (χ1n) is 6.60. The highest BCUT2D eigenvalue weighted by molar-refractivity contribution is 4.91. The molecule has 3 atom stereocenters. The molecule has 0 bridgehead atoms. The van der Waals surface area contributed by atoms with Gasteiger partial charge in [0.25, 0.3) is 0 Å². The topological polar surface area (TPSA) is 38.0 Å². The van der Waals surface area contributed by atoms with Crippen LogP contribution in [0.5, 0.6) is 0 Å². The summed E-state index contributed by atoms with van der Waals surface area (Å²) in [6.07, 6.45) is 5.26. The van der Waals surface area contributed by atoms with E-state index in [0.717, 1.165) is 36.9 Å². The number of nitrogens with two attached hydrogens (primary N) is 1. The summed E-state index contributed by atoms with van der Waals surface area (Å²) >= 11 is 0. The van der Waals surface area contributed by atoms with Crippen molar-refractivity contribution in [3.05, 3.63) is 0 Å². The lowest BCUT2D eigenvalue weighted by Gasteiger charge is -2.17. The highest BCUT2D eigenvalue weighted by atomic mass is 15.0. The van der Waals surface area contributed by atoms with Crippen molar-refractivity contribution in [1.82, 2.24) is 5.32 Å². The lowest BCUT2D eigenvalue weighted by Crippen LogP contribution is -2.25. The molecule has 2 heteroatoms. The second-order valence-electron chi connectivity index (χ2n) is 5.48. The fourth-order valence-electron chi connectivity index (χ4n) is 2.42. The van der Waals surface area contributed by atoms with Crippen LogP contribution in [-0.2, 0) is 0 Å². The van der Waals surface area contributed by atoms with Gasteiger partial charge in [-0.2, -0.15) is 0 Å². The smallest absolute Gasteiger partial charge is 0.00990 e. The first-order valence-corrected chi connectivity index (χ1v) is 6.60. The van der Waals surface area contributed by atoms with Crippen molar-refractivity contribution < 1.29 is 0 Å². The Bertz CT molecular complexity index is 168. The Labute approximate surface area is 95.0 Å². The molecule has 1 saturated carbocycles. The minimum absolute atomic E-state index is 0.719. The Morgan fingerprint density at radius 1 is 1.40 bits per heavy atom. The van der Waals surface area contributed by atoms with Gasteiger partial charge in [-0.1, -0.05) is 27.2 Å². The number of hydrogen-bond acceptors (Lipinski definition) is 2. The molecule has 0 spiro atoms. The summed E-state index contributed by atoms with van der Waals surface area (Å²) in [5.74, 6) is 2.46. The maximum Gasteiger partial charge on any atom is 0.00990 e. The lowest BCUT2D eigenvalue weighted by molar-refractivity contribution is 0.384. The molecule has 0 saturated heterocycles. The molecular formula is C13H28N2. The second-order valence-corrected chi connectivity index (χ2v) is 5.48. The summed E-state index contributed by atoms with van der Waals surface area (Å²) in [5, 5.41) is 3.64. The van der Waals surface area contributed by atoms with E-state index < -0.39 is 0 Å². The molecule has 0 amide bonds. The average molecular weight is 212 g/mol. The first kappa shape index (κ1) is 13.0. The van der Waals surface area contributed by atoms with Crippen molar-refractivity contribution in [3.8, 4) is 0 Å². The van der Waals surface area contributed by atoms with E-state index in [1.54, 1.807) is 0 Å². The molecule has 0 heterocycles. The van der Waals surface area contributed by atoms with Crippen LogP contribution < -0.4 is 11.1 Å². The Kier molecular flexibility index (Phi) is 5.62. The summed E-state index contributed by atoms with van der Waals surface area (Å²) in [5.41, 5.74) is 5.78. The molecule has 1 aliphatic rings. The van der Waals surface area contributed by atoms with Gasteiger partial charge in [0, 0.05) is 6.04 Å². The standard InChI is InChI=1S/C13H28N2/c1-4-12-8-13(12)15-6-5-11(9-14)7-10(2)3/h10-13,15H,4-9,14H2,1-3H3. The molecule has 1 aliphatic carbocycles. The van der Waals surface area contributed by atoms with Crippen molar-refractivity contribution in [2.24, 2.45) is 23.5 Å². The van der Waals surface area contributed by atoms with Gasteiger partial charge in [-0.3, -0.25) is 0 Å². The van der Waals surface area contributed by atoms with Crippen LogP contribution in [0.25, 0.3) is 0 Å². The molecule has 0 aliphatic heterocycles. The Balaban J connectivity index is 2.02. The third kappa shape index (κ3) is 4.98. The van der Waals surface area contributed by atoms with Gasteiger partial charge in [0.1, 0.15) is 0 Å². The first-order chi connectivity index (χ1) is 7.17. The second kappa shape index (κ2) is 6.49. The summed E-state index contributed by atoms with van der Waals surface area (Å²) in [6.45, 7) is 8.86. The van der Waals surface area contributed by atoms with Crippen LogP contribution in [0.15, 0.2) is 0 Å². The van der Waals surface area contributed by atoms with E-state index >= 15 is 0 Å². The van der Waals surface area contributed by atoms with Crippen LogP contribution in [0.1, 0.15) is 46.5 Å². The molecule has 3 N–H and O–H groups in total. The predicted molar refractivity (Wildman–Crippen MR) is 66.8 cm³/mol. The molecule has 3 unspecified atom stereocenters. The average Bonchev–Trinajstić information content (AvgIpc) is 2.94. The normalized spacial score (nSPS) is 27.0. The van der Waals surface area contributed by atoms with E-state index in [1.165, 1.54) is 25.7 Å². The Hall–Kier alpha value is -0.0800. The Morgan fingerprint density at radius 3 is 2.60 bits per heavy atom. The van der Waals surface area contributed by atoms with E-state index in [9.17, 15) is 0 Å². The fourth-order valence-corrected chi connectivity index (χ4v) is 2.42. The highest BCUT2D eigenvalue weighted by Crippen LogP contribution is 2.33. The zero-order valence-corrected chi connectivity index (χ0v) is 10.6. The number of rotatable bonds is 8. The van der Waals surface area contributed by atoms with Crippen molar-refractivity contribution in [1.29, 1.82) is 0 Å². The molecule has 1 fully saturated rings.